The Bertz CT molecular complexity index is 978. The number of unbranched alkanes of at least 4 members (excludes halogenated alkanes) is 24. The van der Waals surface area contributed by atoms with E-state index in [1.165, 1.54) is 109 Å². The highest BCUT2D eigenvalue weighted by molar-refractivity contribution is 5.85. The van der Waals surface area contributed by atoms with Crippen LogP contribution in [0.5, 0.6) is 0 Å². The number of hydrogen-bond donors (Lipinski definition) is 2. The van der Waals surface area contributed by atoms with E-state index >= 15 is 0 Å². The first-order valence-corrected chi connectivity index (χ1v) is 25.3. The zero-order chi connectivity index (χ0) is 43.6. The second kappa shape index (κ2) is 42.5. The molecule has 9 nitrogen and oxygen atoms in total. The Morgan fingerprint density at radius 3 is 1.24 bits per heavy atom. The first-order chi connectivity index (χ1) is 28.7. The fraction of sp³-hybridized carbons (Fsp3) is 0.920. The van der Waals surface area contributed by atoms with Crippen LogP contribution in [-0.4, -0.2) is 73.6 Å². The monoisotopic (exact) mass is 836 g/mol. The average molecular weight is 836 g/mol. The Morgan fingerprint density at radius 1 is 0.441 bits per heavy atom. The maximum absolute atomic E-state index is 13.2. The van der Waals surface area contributed by atoms with Crippen LogP contribution in [0.4, 0.5) is 0 Å². The fourth-order valence-electron chi connectivity index (χ4n) is 7.71. The topological polar surface area (TPSA) is 114 Å². The Balaban J connectivity index is 4.05. The highest BCUT2D eigenvalue weighted by Gasteiger charge is 2.23. The van der Waals surface area contributed by atoms with Crippen molar-refractivity contribution in [3.05, 3.63) is 0 Å². The molecule has 0 aliphatic heterocycles. The van der Waals surface area contributed by atoms with E-state index in [1.807, 2.05) is 0 Å². The predicted octanol–water partition coefficient (Wildman–Crippen LogP) is 12.6. The normalized spacial score (nSPS) is 12.5. The lowest BCUT2D eigenvalue weighted by atomic mass is 9.93. The van der Waals surface area contributed by atoms with E-state index in [2.05, 4.69) is 43.2 Å². The molecule has 0 aromatic heterocycles. The van der Waals surface area contributed by atoms with E-state index in [1.54, 1.807) is 13.8 Å². The molecule has 0 saturated carbocycles. The van der Waals surface area contributed by atoms with Crippen LogP contribution in [0.25, 0.3) is 0 Å². The number of ether oxygens (including phenoxy) is 2. The van der Waals surface area contributed by atoms with Crippen LogP contribution < -0.4 is 10.6 Å². The highest BCUT2D eigenvalue weighted by Crippen LogP contribution is 2.20. The van der Waals surface area contributed by atoms with Crippen LogP contribution in [0.3, 0.4) is 0 Å². The van der Waals surface area contributed by atoms with Gasteiger partial charge in [0.1, 0.15) is 12.1 Å². The van der Waals surface area contributed by atoms with Crippen LogP contribution in [0.1, 0.15) is 247 Å². The zero-order valence-electron chi connectivity index (χ0n) is 39.8. The van der Waals surface area contributed by atoms with Gasteiger partial charge >= 0.3 is 11.9 Å². The molecule has 0 spiro atoms. The van der Waals surface area contributed by atoms with Gasteiger partial charge in [-0.25, -0.2) is 9.59 Å². The SMILES string of the molecule is CCCCCCCCCCCC(=O)NC(C)C(=O)OCCCCCN(CC)CCCCCCCOC(=O)C(C)NC(=O)C(CCCCCCCC)CCCCCCCC. The van der Waals surface area contributed by atoms with E-state index in [9.17, 15) is 19.2 Å². The number of amides is 2. The van der Waals surface area contributed by atoms with Crippen molar-refractivity contribution < 1.29 is 28.7 Å². The second-order valence-corrected chi connectivity index (χ2v) is 17.5. The molecule has 2 unspecified atom stereocenters. The minimum atomic E-state index is -0.615. The highest BCUT2D eigenvalue weighted by atomic mass is 16.5. The van der Waals surface area contributed by atoms with Gasteiger partial charge in [0.2, 0.25) is 11.8 Å². The number of carbonyl (C=O) groups excluding carboxylic acids is 4. The number of nitrogens with zero attached hydrogens (tertiary/aromatic N) is 1. The summed E-state index contributed by atoms with van der Waals surface area (Å²) in [5, 5.41) is 5.79. The molecule has 0 rings (SSSR count). The van der Waals surface area contributed by atoms with Gasteiger partial charge in [-0.1, -0.05) is 175 Å². The molecule has 348 valence electrons. The molecule has 0 saturated heterocycles. The van der Waals surface area contributed by atoms with Crippen LogP contribution >= 0.6 is 0 Å². The Hall–Kier alpha value is -2.16. The number of hydrogen-bond acceptors (Lipinski definition) is 7. The third-order valence-electron chi connectivity index (χ3n) is 11.8. The number of nitrogens with one attached hydrogen (secondary N) is 2. The van der Waals surface area contributed by atoms with Crippen LogP contribution in [0, 0.1) is 5.92 Å². The van der Waals surface area contributed by atoms with Gasteiger partial charge < -0.3 is 25.0 Å². The third kappa shape index (κ3) is 36.2. The van der Waals surface area contributed by atoms with Crippen molar-refractivity contribution in [1.82, 2.24) is 15.5 Å². The summed E-state index contributed by atoms with van der Waals surface area (Å²) in [6, 6.07) is -1.22. The predicted molar refractivity (Wildman–Crippen MR) is 247 cm³/mol. The van der Waals surface area contributed by atoms with E-state index in [4.69, 9.17) is 9.47 Å². The van der Waals surface area contributed by atoms with Gasteiger partial charge in [0.05, 0.1) is 13.2 Å². The summed E-state index contributed by atoms with van der Waals surface area (Å²) in [6.07, 6.45) is 36.0. The molecule has 0 aromatic carbocycles. The molecule has 2 atom stereocenters. The molecule has 0 aliphatic carbocycles. The molecule has 0 aromatic rings. The lowest BCUT2D eigenvalue weighted by molar-refractivity contribution is -0.148. The quantitative estimate of drug-likeness (QED) is 0.0464. The van der Waals surface area contributed by atoms with Gasteiger partial charge in [0.25, 0.3) is 0 Å². The summed E-state index contributed by atoms with van der Waals surface area (Å²) < 4.78 is 11.0. The Kier molecular flexibility index (Phi) is 41.0. The molecule has 59 heavy (non-hydrogen) atoms. The zero-order valence-corrected chi connectivity index (χ0v) is 39.8. The van der Waals surface area contributed by atoms with Crippen molar-refractivity contribution in [3.63, 3.8) is 0 Å². The molecule has 0 bridgehead atoms. The molecular weight excluding hydrogens is 739 g/mol. The maximum Gasteiger partial charge on any atom is 0.328 e. The summed E-state index contributed by atoms with van der Waals surface area (Å²) >= 11 is 0. The summed E-state index contributed by atoms with van der Waals surface area (Å²) in [5.74, 6) is -0.737. The lowest BCUT2D eigenvalue weighted by Gasteiger charge is -2.20. The summed E-state index contributed by atoms with van der Waals surface area (Å²) in [5.41, 5.74) is 0. The van der Waals surface area contributed by atoms with Gasteiger partial charge in [-0.3, -0.25) is 9.59 Å². The van der Waals surface area contributed by atoms with Crippen molar-refractivity contribution in [2.24, 2.45) is 5.92 Å². The van der Waals surface area contributed by atoms with Gasteiger partial charge in [0, 0.05) is 12.3 Å². The number of carbonyl (C=O) groups is 4. The summed E-state index contributed by atoms with van der Waals surface area (Å²) in [6.45, 7) is 16.3. The first kappa shape index (κ1) is 56.8. The average Bonchev–Trinajstić information content (AvgIpc) is 3.22. The molecule has 0 aliphatic rings. The van der Waals surface area contributed by atoms with Gasteiger partial charge in [-0.15, -0.1) is 0 Å². The third-order valence-corrected chi connectivity index (χ3v) is 11.8. The molecule has 9 heteroatoms. The van der Waals surface area contributed by atoms with Crippen LogP contribution in [0.2, 0.25) is 0 Å². The van der Waals surface area contributed by atoms with E-state index in [-0.39, 0.29) is 29.7 Å². The van der Waals surface area contributed by atoms with Crippen LogP contribution in [0.15, 0.2) is 0 Å². The standard InChI is InChI=1S/C50H97N3O6/c1-7-11-14-17-20-21-22-26-32-39-47(54)51-44(5)49(56)58-43-36-29-34-41-53(10-4)40-33-27-23-28-35-42-59-50(57)45(6)52-48(55)46(37-30-24-18-15-12-8-2)38-31-25-19-16-13-9-3/h44-46H,7-43H2,1-6H3,(H,51,54)(H,52,55). The van der Waals surface area contributed by atoms with E-state index < -0.39 is 12.1 Å². The second-order valence-electron chi connectivity index (χ2n) is 17.5. The van der Waals surface area contributed by atoms with Crippen molar-refractivity contribution in [3.8, 4) is 0 Å². The fourth-order valence-corrected chi connectivity index (χ4v) is 7.71. The first-order valence-electron chi connectivity index (χ1n) is 25.3. The van der Waals surface area contributed by atoms with E-state index in [0.29, 0.717) is 19.6 Å². The number of rotatable bonds is 44. The largest absolute Gasteiger partial charge is 0.464 e. The van der Waals surface area contributed by atoms with Gasteiger partial charge in [-0.2, -0.15) is 0 Å². The minimum Gasteiger partial charge on any atom is -0.464 e. The molecule has 2 N–H and O–H groups in total. The van der Waals surface area contributed by atoms with Crippen molar-refractivity contribution >= 4 is 23.8 Å². The Morgan fingerprint density at radius 2 is 0.797 bits per heavy atom. The smallest absolute Gasteiger partial charge is 0.328 e. The van der Waals surface area contributed by atoms with E-state index in [0.717, 1.165) is 110 Å². The lowest BCUT2D eigenvalue weighted by Crippen LogP contribution is -2.42. The van der Waals surface area contributed by atoms with Gasteiger partial charge in [0.15, 0.2) is 0 Å². The maximum atomic E-state index is 13.2. The van der Waals surface area contributed by atoms with Crippen molar-refractivity contribution in [1.29, 1.82) is 0 Å². The van der Waals surface area contributed by atoms with Crippen LogP contribution in [-0.2, 0) is 28.7 Å². The summed E-state index contributed by atoms with van der Waals surface area (Å²) in [4.78, 5) is 53.0. The molecule has 0 radical (unpaired) electrons. The summed E-state index contributed by atoms with van der Waals surface area (Å²) in [7, 11) is 0. The van der Waals surface area contributed by atoms with Gasteiger partial charge in [-0.05, 0) is 84.8 Å². The number of esters is 2. The molecular formula is C50H97N3O6. The van der Waals surface area contributed by atoms with Crippen molar-refractivity contribution in [2.75, 3.05) is 32.8 Å². The molecule has 0 fully saturated rings. The van der Waals surface area contributed by atoms with Crippen molar-refractivity contribution in [2.45, 2.75) is 259 Å². The Labute approximate surface area is 364 Å². The molecule has 2 amide bonds. The minimum absolute atomic E-state index is 0.0156. The molecule has 0 heterocycles.